The molecule has 1 fully saturated rings. The van der Waals surface area contributed by atoms with Crippen LogP contribution in [0.15, 0.2) is 9.85 Å². The molecule has 1 aromatic rings. The number of hydrogen-bond acceptors (Lipinski definition) is 2. The quantitative estimate of drug-likeness (QED) is 0.821. The third-order valence-electron chi connectivity index (χ3n) is 3.57. The molecule has 0 spiro atoms. The van der Waals surface area contributed by atoms with Gasteiger partial charge in [0.15, 0.2) is 0 Å². The first-order valence-corrected chi connectivity index (χ1v) is 7.87. The molecule has 0 bridgehead atoms. The zero-order chi connectivity index (χ0) is 13.3. The summed E-state index contributed by atoms with van der Waals surface area (Å²) in [7, 11) is 0. The van der Waals surface area contributed by atoms with Crippen LogP contribution in [0.3, 0.4) is 0 Å². The molecule has 0 radical (unpaired) electrons. The van der Waals surface area contributed by atoms with Crippen molar-refractivity contribution in [2.75, 3.05) is 0 Å². The maximum absolute atomic E-state index is 13.3. The molecule has 0 aliphatic heterocycles. The van der Waals surface area contributed by atoms with Crippen molar-refractivity contribution < 1.29 is 8.78 Å². The predicted octanol–water partition coefficient (Wildman–Crippen LogP) is 5.03. The Morgan fingerprint density at radius 2 is 2.33 bits per heavy atom. The lowest BCUT2D eigenvalue weighted by molar-refractivity contribution is -0.0543. The molecule has 18 heavy (non-hydrogen) atoms. The van der Waals surface area contributed by atoms with Gasteiger partial charge in [-0.1, -0.05) is 0 Å². The van der Waals surface area contributed by atoms with Crippen LogP contribution in [0.5, 0.6) is 0 Å². The van der Waals surface area contributed by atoms with Crippen LogP contribution in [0, 0.1) is 12.8 Å². The van der Waals surface area contributed by atoms with Crippen LogP contribution in [0.4, 0.5) is 8.78 Å². The largest absolute Gasteiger partial charge is 0.323 e. The first-order chi connectivity index (χ1) is 8.37. The van der Waals surface area contributed by atoms with Gasteiger partial charge in [-0.15, -0.1) is 11.3 Å². The zero-order valence-corrected chi connectivity index (χ0v) is 12.8. The second-order valence-corrected chi connectivity index (χ2v) is 7.67. The third kappa shape index (κ3) is 3.52. The molecule has 0 saturated heterocycles. The molecule has 1 nitrogen and oxygen atoms in total. The Morgan fingerprint density at radius 1 is 1.61 bits per heavy atom. The molecule has 2 atom stereocenters. The highest BCUT2D eigenvalue weighted by Crippen LogP contribution is 2.41. The Morgan fingerprint density at radius 3 is 2.89 bits per heavy atom. The van der Waals surface area contributed by atoms with Crippen molar-refractivity contribution >= 4 is 27.3 Å². The highest BCUT2D eigenvalue weighted by Gasteiger charge is 2.36. The highest BCUT2D eigenvalue weighted by molar-refractivity contribution is 9.11. The average molecular weight is 338 g/mol. The van der Waals surface area contributed by atoms with E-state index in [2.05, 4.69) is 22.0 Å². The minimum atomic E-state index is -2.48. The van der Waals surface area contributed by atoms with E-state index in [1.165, 1.54) is 5.56 Å². The van der Waals surface area contributed by atoms with Crippen LogP contribution < -0.4 is 5.73 Å². The fourth-order valence-corrected chi connectivity index (χ4v) is 4.20. The molecule has 1 aliphatic carbocycles. The predicted molar refractivity (Wildman–Crippen MR) is 75.2 cm³/mol. The first kappa shape index (κ1) is 14.4. The molecule has 1 saturated carbocycles. The molecule has 1 heterocycles. The molecule has 102 valence electrons. The van der Waals surface area contributed by atoms with Gasteiger partial charge in [0.2, 0.25) is 5.92 Å². The summed E-state index contributed by atoms with van der Waals surface area (Å²) < 4.78 is 27.7. The van der Waals surface area contributed by atoms with E-state index in [4.69, 9.17) is 5.73 Å². The van der Waals surface area contributed by atoms with Crippen molar-refractivity contribution in [3.05, 3.63) is 20.3 Å². The zero-order valence-electron chi connectivity index (χ0n) is 10.4. The van der Waals surface area contributed by atoms with Gasteiger partial charge in [-0.25, -0.2) is 8.78 Å². The molecular weight excluding hydrogens is 320 g/mol. The van der Waals surface area contributed by atoms with Gasteiger partial charge in [0.25, 0.3) is 0 Å². The second kappa shape index (κ2) is 5.55. The molecule has 2 unspecified atom stereocenters. The number of rotatable bonds is 3. The van der Waals surface area contributed by atoms with E-state index >= 15 is 0 Å². The Balaban J connectivity index is 1.96. The smallest absolute Gasteiger partial charge is 0.248 e. The summed E-state index contributed by atoms with van der Waals surface area (Å²) in [6.07, 6.45) is 2.23. The summed E-state index contributed by atoms with van der Waals surface area (Å²) in [4.78, 5) is 1.09. The van der Waals surface area contributed by atoms with Crippen LogP contribution in [-0.2, 0) is 0 Å². The second-order valence-electron chi connectivity index (χ2n) is 5.27. The Labute approximate surface area is 119 Å². The lowest BCUT2D eigenvalue weighted by atomic mass is 9.82. The van der Waals surface area contributed by atoms with Crippen LogP contribution >= 0.6 is 27.3 Å². The topological polar surface area (TPSA) is 26.0 Å². The monoisotopic (exact) mass is 337 g/mol. The number of hydrogen-bond donors (Lipinski definition) is 1. The fourth-order valence-electron chi connectivity index (χ4n) is 2.62. The van der Waals surface area contributed by atoms with E-state index in [0.717, 1.165) is 15.1 Å². The van der Waals surface area contributed by atoms with Crippen LogP contribution in [0.2, 0.25) is 0 Å². The van der Waals surface area contributed by atoms with Gasteiger partial charge in [-0.3, -0.25) is 0 Å². The molecular formula is C13H18BrF2NS. The lowest BCUT2D eigenvalue weighted by Crippen LogP contribution is -2.28. The Bertz CT molecular complexity index is 400. The number of alkyl halides is 2. The SMILES string of the molecule is Cc1cc(C(N)CC2CCCC(F)(F)C2)sc1Br. The summed E-state index contributed by atoms with van der Waals surface area (Å²) in [6, 6.07) is 1.94. The van der Waals surface area contributed by atoms with E-state index in [1.54, 1.807) is 11.3 Å². The minimum Gasteiger partial charge on any atom is -0.323 e. The average Bonchev–Trinajstić information content (AvgIpc) is 2.58. The van der Waals surface area contributed by atoms with Crippen molar-refractivity contribution in [2.45, 2.75) is 51.0 Å². The van der Waals surface area contributed by atoms with Crippen LogP contribution in [0.25, 0.3) is 0 Å². The standard InChI is InChI=1S/C13H18BrF2NS/c1-8-5-11(18-12(8)14)10(17)6-9-3-2-4-13(15,16)7-9/h5,9-10H,2-4,6-7,17H2,1H3. The van der Waals surface area contributed by atoms with E-state index in [0.29, 0.717) is 12.8 Å². The highest BCUT2D eigenvalue weighted by atomic mass is 79.9. The van der Waals surface area contributed by atoms with Crippen molar-refractivity contribution in [2.24, 2.45) is 11.7 Å². The van der Waals surface area contributed by atoms with Gasteiger partial charge in [-0.05, 0) is 59.7 Å². The summed E-state index contributed by atoms with van der Waals surface area (Å²) in [5.41, 5.74) is 7.31. The minimum absolute atomic E-state index is 0.00618. The van der Waals surface area contributed by atoms with Crippen LogP contribution in [-0.4, -0.2) is 5.92 Å². The number of thiophene rings is 1. The van der Waals surface area contributed by atoms with Gasteiger partial charge >= 0.3 is 0 Å². The van der Waals surface area contributed by atoms with Gasteiger partial charge in [0.05, 0.1) is 3.79 Å². The maximum Gasteiger partial charge on any atom is 0.248 e. The molecule has 1 aliphatic rings. The number of aryl methyl sites for hydroxylation is 1. The van der Waals surface area contributed by atoms with E-state index < -0.39 is 5.92 Å². The number of halogens is 3. The Hall–Kier alpha value is -0.000000000000000111. The van der Waals surface area contributed by atoms with E-state index in [1.807, 2.05) is 6.92 Å². The van der Waals surface area contributed by atoms with Crippen molar-refractivity contribution in [3.63, 3.8) is 0 Å². The van der Waals surface area contributed by atoms with Gasteiger partial charge in [0.1, 0.15) is 0 Å². The summed E-state index contributed by atoms with van der Waals surface area (Å²) in [5, 5.41) is 0. The third-order valence-corrected chi connectivity index (χ3v) is 5.84. The fraction of sp³-hybridized carbons (Fsp3) is 0.692. The summed E-state index contributed by atoms with van der Waals surface area (Å²) in [6.45, 7) is 2.02. The van der Waals surface area contributed by atoms with Gasteiger partial charge in [-0.2, -0.15) is 0 Å². The molecule has 0 aromatic carbocycles. The molecule has 2 rings (SSSR count). The van der Waals surface area contributed by atoms with Crippen molar-refractivity contribution in [1.29, 1.82) is 0 Å². The molecule has 5 heteroatoms. The summed E-state index contributed by atoms with van der Waals surface area (Å²) in [5.74, 6) is -2.42. The first-order valence-electron chi connectivity index (χ1n) is 6.26. The van der Waals surface area contributed by atoms with Crippen molar-refractivity contribution in [1.82, 2.24) is 0 Å². The lowest BCUT2D eigenvalue weighted by Gasteiger charge is -2.30. The normalized spacial score (nSPS) is 25.1. The molecule has 2 N–H and O–H groups in total. The molecule has 0 amide bonds. The summed E-state index contributed by atoms with van der Waals surface area (Å²) >= 11 is 5.09. The van der Waals surface area contributed by atoms with E-state index in [9.17, 15) is 8.78 Å². The maximum atomic E-state index is 13.3. The van der Waals surface area contributed by atoms with Gasteiger partial charge in [0, 0.05) is 23.8 Å². The van der Waals surface area contributed by atoms with E-state index in [-0.39, 0.29) is 24.8 Å². The van der Waals surface area contributed by atoms with Gasteiger partial charge < -0.3 is 5.73 Å². The Kier molecular flexibility index (Phi) is 4.44. The number of nitrogens with two attached hydrogens (primary N) is 1. The van der Waals surface area contributed by atoms with Crippen molar-refractivity contribution in [3.8, 4) is 0 Å². The van der Waals surface area contributed by atoms with Crippen LogP contribution in [0.1, 0.15) is 48.6 Å². The molecule has 1 aromatic heterocycles.